The zero-order valence-corrected chi connectivity index (χ0v) is 20.4. The van der Waals surface area contributed by atoms with Crippen LogP contribution in [0, 0.1) is 0 Å². The molecule has 186 valence electrons. The molecule has 0 aliphatic carbocycles. The van der Waals surface area contributed by atoms with Gasteiger partial charge in [-0.2, -0.15) is 0 Å². The first kappa shape index (κ1) is 23.8. The number of aromatic nitrogens is 1. The lowest BCUT2D eigenvalue weighted by Gasteiger charge is -2.38. The molecule has 1 aromatic heterocycles. The molecule has 2 fully saturated rings. The van der Waals surface area contributed by atoms with Crippen molar-refractivity contribution in [2.45, 2.75) is 51.0 Å². The van der Waals surface area contributed by atoms with Crippen molar-refractivity contribution >= 4 is 29.1 Å². The summed E-state index contributed by atoms with van der Waals surface area (Å²) < 4.78 is 0. The number of fused-ring (bicyclic) bond motifs is 2. The van der Waals surface area contributed by atoms with Gasteiger partial charge in [-0.3, -0.25) is 9.69 Å². The average molecular weight is 477 g/mol. The third-order valence-electron chi connectivity index (χ3n) is 7.43. The molecule has 8 nitrogen and oxygen atoms in total. The number of rotatable bonds is 5. The molecule has 0 bridgehead atoms. The number of pyridine rings is 1. The standard InChI is InChI=1S/C27H36N6O2/c34-26-22-11-3-4-13-24(22)33(25-23(30-26)12-9-14-28-25)27(35)29-15-19-32-18-8-5-10-21(32)20-31-16-6-1-2-7-17-31/h3-4,9,11-14,21H,1-2,5-8,10,15-20H2,(H,29,35)(H,30,34). The Hall–Kier alpha value is -2.97. The van der Waals surface area contributed by atoms with Crippen molar-refractivity contribution in [3.63, 3.8) is 0 Å². The summed E-state index contributed by atoms with van der Waals surface area (Å²) in [6, 6.07) is 11.0. The first-order valence-electron chi connectivity index (χ1n) is 13.1. The number of amides is 3. The van der Waals surface area contributed by atoms with Crippen LogP contribution in [0.5, 0.6) is 0 Å². The molecule has 1 unspecified atom stereocenters. The molecule has 5 rings (SSSR count). The summed E-state index contributed by atoms with van der Waals surface area (Å²) in [5.74, 6) is 0.190. The summed E-state index contributed by atoms with van der Waals surface area (Å²) in [5, 5.41) is 6.00. The van der Waals surface area contributed by atoms with E-state index in [-0.39, 0.29) is 11.9 Å². The predicted octanol–water partition coefficient (Wildman–Crippen LogP) is 4.23. The third-order valence-corrected chi connectivity index (χ3v) is 7.43. The van der Waals surface area contributed by atoms with Crippen LogP contribution < -0.4 is 15.5 Å². The van der Waals surface area contributed by atoms with E-state index in [0.29, 0.717) is 35.3 Å². The smallest absolute Gasteiger partial charge is 0.327 e. The molecule has 0 radical (unpaired) electrons. The minimum Gasteiger partial charge on any atom is -0.336 e. The topological polar surface area (TPSA) is 80.8 Å². The second kappa shape index (κ2) is 11.2. The zero-order valence-electron chi connectivity index (χ0n) is 20.4. The highest BCUT2D eigenvalue weighted by atomic mass is 16.2. The number of carbonyl (C=O) groups excluding carboxylic acids is 2. The third kappa shape index (κ3) is 5.49. The maximum Gasteiger partial charge on any atom is 0.327 e. The SMILES string of the molecule is O=C1Nc2cccnc2N(C(=O)NCCN2CCCCC2CN2CCCCCC2)c2ccccc21. The number of carbonyl (C=O) groups is 2. The van der Waals surface area contributed by atoms with Gasteiger partial charge in [0.2, 0.25) is 0 Å². The Labute approximate surface area is 207 Å². The van der Waals surface area contributed by atoms with Crippen LogP contribution in [0.15, 0.2) is 42.6 Å². The van der Waals surface area contributed by atoms with E-state index in [0.717, 1.165) is 19.6 Å². The fourth-order valence-electron chi connectivity index (χ4n) is 5.61. The highest BCUT2D eigenvalue weighted by Gasteiger charge is 2.30. The molecule has 3 amide bonds. The van der Waals surface area contributed by atoms with E-state index in [1.54, 1.807) is 36.5 Å². The van der Waals surface area contributed by atoms with Gasteiger partial charge in [-0.1, -0.05) is 31.4 Å². The highest BCUT2D eigenvalue weighted by Crippen LogP contribution is 2.36. The lowest BCUT2D eigenvalue weighted by molar-refractivity contribution is 0.102. The van der Waals surface area contributed by atoms with Crippen LogP contribution in [0.25, 0.3) is 0 Å². The van der Waals surface area contributed by atoms with Gasteiger partial charge in [0.05, 0.1) is 16.9 Å². The average Bonchev–Trinajstić information content (AvgIpc) is 3.21. The van der Waals surface area contributed by atoms with Crippen molar-refractivity contribution in [3.8, 4) is 0 Å². The van der Waals surface area contributed by atoms with Gasteiger partial charge in [0.15, 0.2) is 5.82 Å². The van der Waals surface area contributed by atoms with Gasteiger partial charge in [-0.25, -0.2) is 14.7 Å². The number of anilines is 3. The van der Waals surface area contributed by atoms with E-state index in [1.807, 2.05) is 6.07 Å². The summed E-state index contributed by atoms with van der Waals surface area (Å²) in [5.41, 5.74) is 1.52. The van der Waals surface area contributed by atoms with Crippen molar-refractivity contribution in [2.24, 2.45) is 0 Å². The van der Waals surface area contributed by atoms with Gasteiger partial charge in [-0.05, 0) is 69.6 Å². The van der Waals surface area contributed by atoms with E-state index in [4.69, 9.17) is 0 Å². The van der Waals surface area contributed by atoms with Crippen LogP contribution in [0.1, 0.15) is 55.3 Å². The maximum absolute atomic E-state index is 13.5. The van der Waals surface area contributed by atoms with Gasteiger partial charge in [0, 0.05) is 31.9 Å². The Morgan fingerprint density at radius 2 is 1.80 bits per heavy atom. The molecule has 0 saturated carbocycles. The molecule has 2 saturated heterocycles. The molecule has 3 aliphatic heterocycles. The van der Waals surface area contributed by atoms with Crippen molar-refractivity contribution < 1.29 is 9.59 Å². The van der Waals surface area contributed by atoms with Crippen molar-refractivity contribution in [1.29, 1.82) is 0 Å². The first-order chi connectivity index (χ1) is 17.2. The number of piperidine rings is 1. The Kier molecular flexibility index (Phi) is 7.59. The number of nitrogens with zero attached hydrogens (tertiary/aromatic N) is 4. The molecule has 2 N–H and O–H groups in total. The minimum absolute atomic E-state index is 0.241. The van der Waals surface area contributed by atoms with E-state index in [9.17, 15) is 9.59 Å². The molecular formula is C27H36N6O2. The van der Waals surface area contributed by atoms with Gasteiger partial charge in [-0.15, -0.1) is 0 Å². The second-order valence-electron chi connectivity index (χ2n) is 9.81. The van der Waals surface area contributed by atoms with Crippen molar-refractivity contribution in [2.75, 3.05) is 49.5 Å². The number of urea groups is 1. The molecule has 1 atom stereocenters. The molecule has 1 aromatic carbocycles. The molecular weight excluding hydrogens is 440 g/mol. The van der Waals surface area contributed by atoms with Gasteiger partial charge in [0.1, 0.15) is 0 Å². The van der Waals surface area contributed by atoms with Gasteiger partial charge in [0.25, 0.3) is 5.91 Å². The summed E-state index contributed by atoms with van der Waals surface area (Å²) in [6.45, 7) is 6.04. The lowest BCUT2D eigenvalue weighted by atomic mass is 10.0. The fourth-order valence-corrected chi connectivity index (χ4v) is 5.61. The maximum atomic E-state index is 13.5. The first-order valence-corrected chi connectivity index (χ1v) is 13.1. The van der Waals surface area contributed by atoms with Crippen LogP contribution in [-0.2, 0) is 0 Å². The van der Waals surface area contributed by atoms with Crippen LogP contribution in [-0.4, -0.2) is 72.0 Å². The molecule has 8 heteroatoms. The number of hydrogen-bond acceptors (Lipinski definition) is 5. The summed E-state index contributed by atoms with van der Waals surface area (Å²) in [4.78, 5) is 37.4. The number of hydrogen-bond donors (Lipinski definition) is 2. The fraction of sp³-hybridized carbons (Fsp3) is 0.519. The number of likely N-dealkylation sites (tertiary alicyclic amines) is 2. The van der Waals surface area contributed by atoms with E-state index >= 15 is 0 Å². The van der Waals surface area contributed by atoms with Gasteiger partial charge >= 0.3 is 6.03 Å². The van der Waals surface area contributed by atoms with Crippen LogP contribution in [0.2, 0.25) is 0 Å². The quantitative estimate of drug-likeness (QED) is 0.675. The number of para-hydroxylation sites is 1. The summed E-state index contributed by atoms with van der Waals surface area (Å²) in [6.07, 6.45) is 10.7. The Morgan fingerprint density at radius 3 is 2.66 bits per heavy atom. The van der Waals surface area contributed by atoms with E-state index in [1.165, 1.54) is 62.9 Å². The van der Waals surface area contributed by atoms with E-state index in [2.05, 4.69) is 25.4 Å². The summed E-state index contributed by atoms with van der Waals surface area (Å²) in [7, 11) is 0. The number of nitrogens with one attached hydrogen (secondary N) is 2. The number of benzene rings is 1. The molecule has 4 heterocycles. The normalized spacial score (nSPS) is 21.3. The second-order valence-corrected chi connectivity index (χ2v) is 9.81. The molecule has 35 heavy (non-hydrogen) atoms. The van der Waals surface area contributed by atoms with Gasteiger partial charge < -0.3 is 15.5 Å². The highest BCUT2D eigenvalue weighted by molar-refractivity contribution is 6.16. The van der Waals surface area contributed by atoms with Crippen molar-refractivity contribution in [3.05, 3.63) is 48.2 Å². The Balaban J connectivity index is 1.26. The van der Waals surface area contributed by atoms with E-state index < -0.39 is 0 Å². The van der Waals surface area contributed by atoms with Crippen LogP contribution in [0.4, 0.5) is 22.0 Å². The van der Waals surface area contributed by atoms with Crippen molar-refractivity contribution in [1.82, 2.24) is 20.1 Å². The Bertz CT molecular complexity index is 1040. The largest absolute Gasteiger partial charge is 0.336 e. The predicted molar refractivity (Wildman–Crippen MR) is 138 cm³/mol. The molecule has 0 spiro atoms. The van der Waals surface area contributed by atoms with Crippen LogP contribution >= 0.6 is 0 Å². The molecule has 2 aromatic rings. The minimum atomic E-state index is -0.269. The Morgan fingerprint density at radius 1 is 1.00 bits per heavy atom. The van der Waals surface area contributed by atoms with Crippen LogP contribution in [0.3, 0.4) is 0 Å². The lowest BCUT2D eigenvalue weighted by Crippen LogP contribution is -2.50. The molecule has 3 aliphatic rings. The summed E-state index contributed by atoms with van der Waals surface area (Å²) >= 11 is 0. The zero-order chi connectivity index (χ0) is 24.0. The monoisotopic (exact) mass is 476 g/mol.